The lowest BCUT2D eigenvalue weighted by molar-refractivity contribution is -0.116. The molecule has 0 spiro atoms. The normalized spacial score (nSPS) is 18.1. The Kier molecular flexibility index (Phi) is 4.95. The first-order valence-corrected chi connectivity index (χ1v) is 9.80. The van der Waals surface area contributed by atoms with Gasteiger partial charge in [0.05, 0.1) is 13.2 Å². The second kappa shape index (κ2) is 7.55. The molecule has 1 aliphatic rings. The van der Waals surface area contributed by atoms with E-state index in [9.17, 15) is 4.79 Å². The molecule has 2 heterocycles. The zero-order valence-electron chi connectivity index (χ0n) is 15.8. The number of benzene rings is 2. The van der Waals surface area contributed by atoms with Crippen LogP contribution in [0, 0.1) is 13.8 Å². The Morgan fingerprint density at radius 2 is 1.96 bits per heavy atom. The summed E-state index contributed by atoms with van der Waals surface area (Å²) in [6.45, 7) is 3.93. The van der Waals surface area contributed by atoms with Gasteiger partial charge in [0, 0.05) is 11.8 Å². The molecule has 2 atom stereocenters. The topological polar surface area (TPSA) is 81.1 Å². The molecule has 7 nitrogen and oxygen atoms in total. The number of aromatic nitrogens is 3. The maximum absolute atomic E-state index is 13.2. The largest absolute Gasteiger partial charge is 0.497 e. The first kappa shape index (κ1) is 18.4. The lowest BCUT2D eigenvalue weighted by Crippen LogP contribution is -2.41. The summed E-state index contributed by atoms with van der Waals surface area (Å²) in [7, 11) is 1.60. The van der Waals surface area contributed by atoms with Gasteiger partial charge in [-0.2, -0.15) is 0 Å². The monoisotopic (exact) mass is 395 g/mol. The van der Waals surface area contributed by atoms with Gasteiger partial charge in [0.2, 0.25) is 11.1 Å². The summed E-state index contributed by atoms with van der Waals surface area (Å²) in [6.07, 6.45) is 0. The van der Waals surface area contributed by atoms with E-state index in [1.54, 1.807) is 13.2 Å². The van der Waals surface area contributed by atoms with Gasteiger partial charge in [-0.05, 0) is 31.5 Å². The van der Waals surface area contributed by atoms with Gasteiger partial charge >= 0.3 is 0 Å². The predicted octanol–water partition coefficient (Wildman–Crippen LogP) is 3.30. The summed E-state index contributed by atoms with van der Waals surface area (Å²) in [6, 6.07) is 15.3. The molecule has 4 rings (SSSR count). The number of carbonyl (C=O) groups excluding carboxylic acids is 1. The van der Waals surface area contributed by atoms with Crippen LogP contribution in [-0.4, -0.2) is 33.1 Å². The number of anilines is 1. The van der Waals surface area contributed by atoms with E-state index < -0.39 is 5.25 Å². The highest BCUT2D eigenvalue weighted by molar-refractivity contribution is 8.00. The minimum absolute atomic E-state index is 0.108. The number of carbonyl (C=O) groups is 1. The summed E-state index contributed by atoms with van der Waals surface area (Å²) >= 11 is 1.41. The lowest BCUT2D eigenvalue weighted by Gasteiger charge is -2.32. The fourth-order valence-electron chi connectivity index (χ4n) is 3.10. The number of methoxy groups -OCH3 is 1. The van der Waals surface area contributed by atoms with Gasteiger partial charge in [-0.3, -0.25) is 4.79 Å². The van der Waals surface area contributed by atoms with Crippen molar-refractivity contribution in [3.63, 3.8) is 0 Å². The van der Waals surface area contributed by atoms with E-state index in [1.807, 2.05) is 61.0 Å². The number of rotatable bonds is 4. The number of aryl methyl sites for hydroxylation is 2. The molecule has 0 unspecified atom stereocenters. The van der Waals surface area contributed by atoms with E-state index in [4.69, 9.17) is 4.74 Å². The van der Waals surface area contributed by atoms with Crippen LogP contribution in [0.4, 0.5) is 5.69 Å². The Labute approximate surface area is 167 Å². The van der Waals surface area contributed by atoms with E-state index in [0.717, 1.165) is 11.4 Å². The van der Waals surface area contributed by atoms with Crippen LogP contribution < -0.4 is 15.5 Å². The molecule has 0 bridgehead atoms. The van der Waals surface area contributed by atoms with Crippen molar-refractivity contribution in [1.82, 2.24) is 14.9 Å². The van der Waals surface area contributed by atoms with Crippen LogP contribution in [0.15, 0.2) is 53.7 Å². The van der Waals surface area contributed by atoms with Crippen molar-refractivity contribution in [3.05, 3.63) is 65.5 Å². The summed E-state index contributed by atoms with van der Waals surface area (Å²) in [4.78, 5) is 13.2. The van der Waals surface area contributed by atoms with E-state index in [1.165, 1.54) is 17.3 Å². The molecule has 3 aromatic rings. The average molecular weight is 395 g/mol. The summed E-state index contributed by atoms with van der Waals surface area (Å²) in [5.41, 5.74) is 6.30. The van der Waals surface area contributed by atoms with Gasteiger partial charge in [-0.15, -0.1) is 10.2 Å². The van der Waals surface area contributed by atoms with Gasteiger partial charge in [-0.1, -0.05) is 47.7 Å². The third-order valence-electron chi connectivity index (χ3n) is 4.63. The number of hydrogen-bond donors (Lipinski definition) is 2. The number of amides is 1. The average Bonchev–Trinajstić information content (AvgIpc) is 3.08. The van der Waals surface area contributed by atoms with E-state index in [-0.39, 0.29) is 11.9 Å². The minimum atomic E-state index is -0.412. The van der Waals surface area contributed by atoms with E-state index in [2.05, 4.69) is 20.9 Å². The summed E-state index contributed by atoms with van der Waals surface area (Å²) in [5, 5.41) is 11.6. The molecule has 144 valence electrons. The number of fused-ring (bicyclic) bond motifs is 1. The molecule has 0 radical (unpaired) electrons. The molecular weight excluding hydrogens is 374 g/mol. The number of thioether (sulfide) groups is 1. The van der Waals surface area contributed by atoms with Gasteiger partial charge in [0.25, 0.3) is 0 Å². The van der Waals surface area contributed by atoms with Gasteiger partial charge in [0.1, 0.15) is 16.8 Å². The Hall–Kier alpha value is -3.00. The first-order chi connectivity index (χ1) is 13.5. The van der Waals surface area contributed by atoms with Gasteiger partial charge < -0.3 is 15.5 Å². The van der Waals surface area contributed by atoms with Crippen molar-refractivity contribution in [2.75, 3.05) is 17.9 Å². The second-order valence-electron chi connectivity index (χ2n) is 6.64. The zero-order valence-corrected chi connectivity index (χ0v) is 16.7. The van der Waals surface area contributed by atoms with E-state index in [0.29, 0.717) is 16.6 Å². The van der Waals surface area contributed by atoms with Crippen LogP contribution in [0.3, 0.4) is 0 Å². The zero-order chi connectivity index (χ0) is 19.7. The van der Waals surface area contributed by atoms with Crippen LogP contribution in [0.1, 0.15) is 23.0 Å². The van der Waals surface area contributed by atoms with Crippen molar-refractivity contribution < 1.29 is 9.53 Å². The predicted molar refractivity (Wildman–Crippen MR) is 109 cm³/mol. The standard InChI is InChI=1S/C20H21N5O2S/c1-12-7-9-14(10-8-12)17-18(28-20-23-22-13(2)25(20)24-17)19(26)21-15-5-4-6-16(11-15)27-3/h4-11,17-18,24H,1-3H3,(H,21,26)/t17-,18+/m0/s1. The highest BCUT2D eigenvalue weighted by atomic mass is 32.2. The Morgan fingerprint density at radius 3 is 2.71 bits per heavy atom. The van der Waals surface area contributed by atoms with Gasteiger partial charge in [-0.25, -0.2) is 4.68 Å². The molecule has 0 saturated carbocycles. The van der Waals surface area contributed by atoms with Gasteiger partial charge in [0.15, 0.2) is 0 Å². The maximum atomic E-state index is 13.2. The molecule has 8 heteroatoms. The van der Waals surface area contributed by atoms with Crippen LogP contribution in [0.25, 0.3) is 0 Å². The summed E-state index contributed by atoms with van der Waals surface area (Å²) in [5.74, 6) is 1.34. The Morgan fingerprint density at radius 1 is 1.18 bits per heavy atom. The van der Waals surface area contributed by atoms with Crippen molar-refractivity contribution in [2.45, 2.75) is 30.3 Å². The number of nitrogens with one attached hydrogen (secondary N) is 2. The summed E-state index contributed by atoms with van der Waals surface area (Å²) < 4.78 is 7.08. The van der Waals surface area contributed by atoms with Crippen LogP contribution >= 0.6 is 11.8 Å². The quantitative estimate of drug-likeness (QED) is 0.706. The molecule has 2 N–H and O–H groups in total. The van der Waals surface area contributed by atoms with Crippen molar-refractivity contribution >= 4 is 23.4 Å². The van der Waals surface area contributed by atoms with Crippen molar-refractivity contribution in [2.24, 2.45) is 0 Å². The lowest BCUT2D eigenvalue weighted by atomic mass is 10.0. The molecule has 0 fully saturated rings. The van der Waals surface area contributed by atoms with Crippen LogP contribution in [-0.2, 0) is 4.79 Å². The number of hydrogen-bond acceptors (Lipinski definition) is 6. The third kappa shape index (κ3) is 3.55. The molecule has 0 aliphatic carbocycles. The second-order valence-corrected chi connectivity index (χ2v) is 7.75. The molecular formula is C20H21N5O2S. The fourth-order valence-corrected chi connectivity index (χ4v) is 4.22. The molecule has 1 aliphatic heterocycles. The first-order valence-electron chi connectivity index (χ1n) is 8.92. The minimum Gasteiger partial charge on any atom is -0.497 e. The molecule has 28 heavy (non-hydrogen) atoms. The molecule has 0 saturated heterocycles. The highest BCUT2D eigenvalue weighted by Gasteiger charge is 2.37. The molecule has 2 aromatic carbocycles. The highest BCUT2D eigenvalue weighted by Crippen LogP contribution is 2.37. The Balaban J connectivity index is 1.65. The number of nitrogens with zero attached hydrogens (tertiary/aromatic N) is 3. The number of ether oxygens (including phenoxy) is 1. The fraction of sp³-hybridized carbons (Fsp3) is 0.250. The third-order valence-corrected chi connectivity index (χ3v) is 5.85. The maximum Gasteiger partial charge on any atom is 0.240 e. The molecule has 1 amide bonds. The van der Waals surface area contributed by atoms with E-state index >= 15 is 0 Å². The smallest absolute Gasteiger partial charge is 0.240 e. The van der Waals surface area contributed by atoms with Crippen molar-refractivity contribution in [1.29, 1.82) is 0 Å². The van der Waals surface area contributed by atoms with Crippen LogP contribution in [0.5, 0.6) is 5.75 Å². The molecule has 1 aromatic heterocycles. The SMILES string of the molecule is COc1cccc(NC(=O)[C@@H]2Sc3nnc(C)n3N[C@H]2c2ccc(C)cc2)c1. The van der Waals surface area contributed by atoms with Crippen LogP contribution in [0.2, 0.25) is 0 Å². The Bertz CT molecular complexity index is 1000. The van der Waals surface area contributed by atoms with Crippen molar-refractivity contribution in [3.8, 4) is 5.75 Å².